The summed E-state index contributed by atoms with van der Waals surface area (Å²) in [6, 6.07) is 24.0. The first-order valence-corrected chi connectivity index (χ1v) is 13.0. The zero-order valence-corrected chi connectivity index (χ0v) is 21.4. The summed E-state index contributed by atoms with van der Waals surface area (Å²) < 4.78 is 7.49. The lowest BCUT2D eigenvalue weighted by molar-refractivity contribution is -0.138. The Kier molecular flexibility index (Phi) is 9.35. The number of ether oxygens (including phenoxy) is 1. The Balaban J connectivity index is 1.32. The third-order valence-electron chi connectivity index (χ3n) is 6.47. The number of aryl methyl sites for hydroxylation is 1. The number of fused-ring (bicyclic) bond motifs is 1. The first kappa shape index (κ1) is 26.7. The van der Waals surface area contributed by atoms with Crippen molar-refractivity contribution in [1.82, 2.24) is 4.57 Å². The van der Waals surface area contributed by atoms with Gasteiger partial charge in [-0.3, -0.25) is 9.59 Å². The van der Waals surface area contributed by atoms with Gasteiger partial charge in [0.1, 0.15) is 12.3 Å². The lowest BCUT2D eigenvalue weighted by Gasteiger charge is -2.07. The maximum absolute atomic E-state index is 11.4. The van der Waals surface area contributed by atoms with Gasteiger partial charge in [-0.2, -0.15) is 0 Å². The highest BCUT2D eigenvalue weighted by Crippen LogP contribution is 2.28. The smallest absolute Gasteiger partial charge is 0.323 e. The largest absolute Gasteiger partial charge is 0.494 e. The molecule has 0 aliphatic carbocycles. The van der Waals surface area contributed by atoms with Gasteiger partial charge in [0, 0.05) is 17.1 Å². The number of carboxylic acids is 2. The van der Waals surface area contributed by atoms with Crippen LogP contribution in [-0.2, 0) is 29.0 Å². The van der Waals surface area contributed by atoms with Crippen LogP contribution in [-0.4, -0.2) is 33.3 Å². The molecule has 0 atom stereocenters. The van der Waals surface area contributed by atoms with Crippen LogP contribution in [0.15, 0.2) is 79.0 Å². The van der Waals surface area contributed by atoms with E-state index in [-0.39, 0.29) is 13.0 Å². The lowest BCUT2D eigenvalue weighted by Crippen LogP contribution is -2.07. The van der Waals surface area contributed by atoms with Crippen molar-refractivity contribution < 1.29 is 24.5 Å². The predicted octanol–water partition coefficient (Wildman–Crippen LogP) is 6.71. The molecule has 6 nitrogen and oxygen atoms in total. The second-order valence-electron chi connectivity index (χ2n) is 9.39. The Labute approximate surface area is 222 Å². The van der Waals surface area contributed by atoms with Crippen LogP contribution in [0.1, 0.15) is 47.9 Å². The standard InChI is InChI=1S/C32H33NO5/c34-30(35)21-27-22-33(23-31(36)37)29-13-8-12-26(32(27)29)17-14-25-15-18-28(19-16-25)38-20-7-2-1-4-9-24-10-5-3-6-11-24/h3,5-6,8,10-19,22H,1-2,4,7,9,20-21,23H2,(H,34,35)(H,36,37). The Hall–Kier alpha value is -4.32. The summed E-state index contributed by atoms with van der Waals surface area (Å²) in [4.78, 5) is 22.7. The molecule has 0 saturated heterocycles. The molecule has 0 aliphatic heterocycles. The number of aromatic nitrogens is 1. The van der Waals surface area contributed by atoms with Crippen LogP contribution in [0.25, 0.3) is 23.1 Å². The van der Waals surface area contributed by atoms with Gasteiger partial charge in [0.25, 0.3) is 0 Å². The monoisotopic (exact) mass is 511 g/mol. The van der Waals surface area contributed by atoms with Crippen molar-refractivity contribution in [3.8, 4) is 5.75 Å². The highest BCUT2D eigenvalue weighted by Gasteiger charge is 2.15. The number of unbranched alkanes of at least 4 members (excludes halogenated alkanes) is 3. The molecule has 1 heterocycles. The molecule has 0 amide bonds. The molecule has 1 aromatic heterocycles. The first-order chi connectivity index (χ1) is 18.5. The maximum Gasteiger partial charge on any atom is 0.323 e. The van der Waals surface area contributed by atoms with Crippen LogP contribution in [0.5, 0.6) is 5.75 Å². The topological polar surface area (TPSA) is 88.8 Å². The third-order valence-corrected chi connectivity index (χ3v) is 6.47. The molecular weight excluding hydrogens is 478 g/mol. The van der Waals surface area contributed by atoms with Gasteiger partial charge >= 0.3 is 11.9 Å². The van der Waals surface area contributed by atoms with E-state index in [1.807, 2.05) is 60.7 Å². The summed E-state index contributed by atoms with van der Waals surface area (Å²) in [5, 5.41) is 19.3. The molecule has 0 bridgehead atoms. The minimum Gasteiger partial charge on any atom is -0.494 e. The van der Waals surface area contributed by atoms with E-state index in [1.54, 1.807) is 10.8 Å². The zero-order valence-electron chi connectivity index (χ0n) is 21.4. The van der Waals surface area contributed by atoms with E-state index in [2.05, 4.69) is 24.3 Å². The van der Waals surface area contributed by atoms with Crippen LogP contribution in [0.4, 0.5) is 0 Å². The van der Waals surface area contributed by atoms with Crippen molar-refractivity contribution >= 4 is 35.0 Å². The van der Waals surface area contributed by atoms with Crippen molar-refractivity contribution in [2.24, 2.45) is 0 Å². The number of carboxylic acid groups (broad SMARTS) is 2. The zero-order chi connectivity index (χ0) is 26.7. The van der Waals surface area contributed by atoms with Gasteiger partial charge in [-0.15, -0.1) is 0 Å². The van der Waals surface area contributed by atoms with Gasteiger partial charge in [0.15, 0.2) is 0 Å². The quantitative estimate of drug-likeness (QED) is 0.145. The van der Waals surface area contributed by atoms with Crippen molar-refractivity contribution in [3.05, 3.63) is 101 Å². The average Bonchev–Trinajstić information content (AvgIpc) is 3.24. The van der Waals surface area contributed by atoms with Crippen LogP contribution in [0.3, 0.4) is 0 Å². The summed E-state index contributed by atoms with van der Waals surface area (Å²) in [5.41, 5.74) is 4.52. The normalized spacial score (nSPS) is 11.3. The Bertz CT molecular complexity index is 1390. The van der Waals surface area contributed by atoms with Crippen LogP contribution < -0.4 is 4.74 Å². The molecule has 3 aromatic carbocycles. The maximum atomic E-state index is 11.4. The fourth-order valence-electron chi connectivity index (χ4n) is 4.66. The molecule has 38 heavy (non-hydrogen) atoms. The summed E-state index contributed by atoms with van der Waals surface area (Å²) in [6.45, 7) is 0.473. The number of carbonyl (C=O) groups is 2. The molecule has 0 radical (unpaired) electrons. The van der Waals surface area contributed by atoms with E-state index in [1.165, 1.54) is 18.4 Å². The second-order valence-corrected chi connectivity index (χ2v) is 9.39. The van der Waals surface area contributed by atoms with Crippen molar-refractivity contribution in [2.75, 3.05) is 6.61 Å². The minimum absolute atomic E-state index is 0.174. The number of hydrogen-bond donors (Lipinski definition) is 2. The number of benzene rings is 3. The van der Waals surface area contributed by atoms with Gasteiger partial charge in [-0.1, -0.05) is 79.6 Å². The van der Waals surface area contributed by atoms with Crippen molar-refractivity contribution in [2.45, 2.75) is 45.1 Å². The van der Waals surface area contributed by atoms with Crippen molar-refractivity contribution in [1.29, 1.82) is 0 Å². The molecule has 4 aromatic rings. The Morgan fingerprint density at radius 1 is 0.789 bits per heavy atom. The summed E-state index contributed by atoms with van der Waals surface area (Å²) in [7, 11) is 0. The molecular formula is C32H33NO5. The van der Waals surface area contributed by atoms with Crippen LogP contribution in [0.2, 0.25) is 0 Å². The van der Waals surface area contributed by atoms with E-state index >= 15 is 0 Å². The molecule has 4 rings (SSSR count). The fraction of sp³-hybridized carbons (Fsp3) is 0.250. The summed E-state index contributed by atoms with van der Waals surface area (Å²) >= 11 is 0. The van der Waals surface area contributed by atoms with E-state index < -0.39 is 11.9 Å². The van der Waals surface area contributed by atoms with Gasteiger partial charge in [-0.25, -0.2) is 0 Å². The third kappa shape index (κ3) is 7.59. The Morgan fingerprint density at radius 3 is 2.29 bits per heavy atom. The highest BCUT2D eigenvalue weighted by molar-refractivity contribution is 5.96. The van der Waals surface area contributed by atoms with Gasteiger partial charge in [-0.05, 0) is 59.7 Å². The van der Waals surface area contributed by atoms with E-state index in [0.29, 0.717) is 17.7 Å². The fourth-order valence-corrected chi connectivity index (χ4v) is 4.66. The van der Waals surface area contributed by atoms with Gasteiger partial charge < -0.3 is 19.5 Å². The molecule has 0 aliphatic rings. The molecule has 2 N–H and O–H groups in total. The molecule has 196 valence electrons. The van der Waals surface area contributed by atoms with Crippen molar-refractivity contribution in [3.63, 3.8) is 0 Å². The van der Waals surface area contributed by atoms with E-state index in [9.17, 15) is 19.8 Å². The first-order valence-electron chi connectivity index (χ1n) is 13.0. The Morgan fingerprint density at radius 2 is 1.55 bits per heavy atom. The van der Waals surface area contributed by atoms with Crippen LogP contribution in [0, 0.1) is 0 Å². The SMILES string of the molecule is O=C(O)Cc1cn(CC(=O)O)c2cccc(C=Cc3ccc(OCCCCCCc4ccccc4)cc3)c12. The van der Waals surface area contributed by atoms with E-state index in [0.717, 1.165) is 41.5 Å². The lowest BCUT2D eigenvalue weighted by atomic mass is 10.0. The van der Waals surface area contributed by atoms with Gasteiger partial charge in [0.2, 0.25) is 0 Å². The predicted molar refractivity (Wildman–Crippen MR) is 150 cm³/mol. The number of rotatable bonds is 14. The molecule has 0 unspecified atom stereocenters. The number of aliphatic carboxylic acids is 2. The summed E-state index contributed by atoms with van der Waals surface area (Å²) in [5.74, 6) is -1.10. The highest BCUT2D eigenvalue weighted by atomic mass is 16.5. The number of hydrogen-bond acceptors (Lipinski definition) is 3. The average molecular weight is 512 g/mol. The molecule has 6 heteroatoms. The van der Waals surface area contributed by atoms with Crippen LogP contribution >= 0.6 is 0 Å². The molecule has 0 fully saturated rings. The number of nitrogens with zero attached hydrogens (tertiary/aromatic N) is 1. The van der Waals surface area contributed by atoms with Gasteiger partial charge in [0.05, 0.1) is 13.0 Å². The molecule has 0 saturated carbocycles. The minimum atomic E-state index is -0.977. The molecule has 0 spiro atoms. The summed E-state index contributed by atoms with van der Waals surface area (Å²) in [6.07, 6.45) is 11.0. The second kappa shape index (κ2) is 13.3. The van der Waals surface area contributed by atoms with E-state index in [4.69, 9.17) is 4.74 Å².